The fourth-order valence-electron chi connectivity index (χ4n) is 4.13. The van der Waals surface area contributed by atoms with Gasteiger partial charge in [0.25, 0.3) is 11.8 Å². The summed E-state index contributed by atoms with van der Waals surface area (Å²) < 4.78 is 5.36. The number of halogens is 2. The molecule has 0 aliphatic carbocycles. The summed E-state index contributed by atoms with van der Waals surface area (Å²) in [4.78, 5) is 44.6. The zero-order valence-electron chi connectivity index (χ0n) is 23.8. The van der Waals surface area contributed by atoms with Gasteiger partial charge in [0.15, 0.2) is 5.13 Å². The highest BCUT2D eigenvalue weighted by molar-refractivity contribution is 8.00. The van der Waals surface area contributed by atoms with Gasteiger partial charge in [-0.2, -0.15) is 0 Å². The number of hydrogen-bond acceptors (Lipinski definition) is 7. The molecule has 3 N–H and O–H groups in total. The van der Waals surface area contributed by atoms with Crippen molar-refractivity contribution in [3.63, 3.8) is 0 Å². The number of rotatable bonds is 11. The first-order valence-corrected chi connectivity index (χ1v) is 16.2. The van der Waals surface area contributed by atoms with E-state index in [1.807, 2.05) is 18.4 Å². The summed E-state index contributed by atoms with van der Waals surface area (Å²) in [6.07, 6.45) is 3.48. The lowest BCUT2D eigenvalue weighted by Gasteiger charge is -2.15. The van der Waals surface area contributed by atoms with Crippen molar-refractivity contribution in [2.24, 2.45) is 0 Å². The van der Waals surface area contributed by atoms with E-state index >= 15 is 0 Å². The Morgan fingerprint density at radius 3 is 2.53 bits per heavy atom. The van der Waals surface area contributed by atoms with Crippen molar-refractivity contribution in [3.8, 4) is 11.3 Å². The van der Waals surface area contributed by atoms with Gasteiger partial charge in [-0.25, -0.2) is 4.98 Å². The summed E-state index contributed by atoms with van der Waals surface area (Å²) >= 11 is 15.0. The van der Waals surface area contributed by atoms with Crippen LogP contribution in [0, 0.1) is 0 Å². The van der Waals surface area contributed by atoms with Gasteiger partial charge in [0.1, 0.15) is 11.5 Å². The molecule has 0 bridgehead atoms. The van der Waals surface area contributed by atoms with Crippen LogP contribution in [0.1, 0.15) is 29.5 Å². The second-order valence-electron chi connectivity index (χ2n) is 9.54. The topological polar surface area (TPSA) is 113 Å². The number of carbonyl (C=O) groups excluding carboxylic acids is 3. The molecule has 3 amide bonds. The molecule has 8 nitrogen and oxygen atoms in total. The number of hydrogen-bond donors (Lipinski definition) is 3. The van der Waals surface area contributed by atoms with Gasteiger partial charge in [-0.15, -0.1) is 23.1 Å². The average Bonchev–Trinajstić information content (AvgIpc) is 3.72. The van der Waals surface area contributed by atoms with Crippen molar-refractivity contribution >= 4 is 80.9 Å². The van der Waals surface area contributed by atoms with Gasteiger partial charge >= 0.3 is 0 Å². The van der Waals surface area contributed by atoms with Gasteiger partial charge in [0.05, 0.1) is 22.2 Å². The van der Waals surface area contributed by atoms with E-state index in [0.717, 1.165) is 10.5 Å². The summed E-state index contributed by atoms with van der Waals surface area (Å²) in [7, 11) is 0. The maximum absolute atomic E-state index is 13.3. The number of furan rings is 1. The lowest BCUT2D eigenvalue weighted by Crippen LogP contribution is -2.30. The molecule has 228 valence electrons. The van der Waals surface area contributed by atoms with Crippen molar-refractivity contribution in [3.05, 3.63) is 124 Å². The third kappa shape index (κ3) is 8.64. The second-order valence-corrected chi connectivity index (χ2v) is 12.5. The third-order valence-corrected chi connectivity index (χ3v) is 9.00. The van der Waals surface area contributed by atoms with Crippen molar-refractivity contribution in [1.29, 1.82) is 0 Å². The molecular formula is C33H26Cl2N4O4S2. The smallest absolute Gasteiger partial charge is 0.272 e. The van der Waals surface area contributed by atoms with Crippen LogP contribution in [-0.2, 0) is 9.59 Å². The number of aromatic nitrogens is 1. The molecule has 0 fully saturated rings. The molecule has 2 aromatic heterocycles. The normalized spacial score (nSPS) is 11.9. The maximum atomic E-state index is 13.3. The van der Waals surface area contributed by atoms with Crippen LogP contribution in [0.15, 0.2) is 112 Å². The Hall–Kier alpha value is -4.35. The van der Waals surface area contributed by atoms with Crippen molar-refractivity contribution < 1.29 is 18.8 Å². The zero-order chi connectivity index (χ0) is 31.8. The standard InChI is InChI=1S/C33H26Cl2N4O4S2/c1-2-29(32(42)39-33-38-28(19-44-33)25-14-13-21(34)16-26(25)35)45-24-12-6-10-22(17-24)36-31(41)27(18-23-11-7-15-43-23)37-30(40)20-8-4-3-5-9-20/h3-19,29H,2H2,1H3,(H,36,41)(H,37,40)(H,38,39,42)/b27-18-. The van der Waals surface area contributed by atoms with Crippen molar-refractivity contribution in [2.75, 3.05) is 10.6 Å². The summed E-state index contributed by atoms with van der Waals surface area (Å²) in [6.45, 7) is 1.92. The van der Waals surface area contributed by atoms with Crippen LogP contribution >= 0.6 is 46.3 Å². The molecule has 5 aromatic rings. The SMILES string of the molecule is CCC(Sc1cccc(NC(=O)/C(=C/c2ccco2)NC(=O)c2ccccc2)c1)C(=O)Nc1nc(-c2ccc(Cl)cc2Cl)cs1. The quantitative estimate of drug-likeness (QED) is 0.0953. The molecule has 1 unspecified atom stereocenters. The minimum absolute atomic E-state index is 0.00498. The number of thioether (sulfide) groups is 1. The Balaban J connectivity index is 1.25. The Morgan fingerprint density at radius 2 is 1.80 bits per heavy atom. The number of thiazole rings is 1. The Labute approximate surface area is 277 Å². The van der Waals surface area contributed by atoms with E-state index in [0.29, 0.717) is 44.3 Å². The van der Waals surface area contributed by atoms with E-state index in [2.05, 4.69) is 20.9 Å². The largest absolute Gasteiger partial charge is 0.465 e. The molecule has 0 saturated carbocycles. The minimum atomic E-state index is -0.539. The number of benzene rings is 3. The first-order valence-electron chi connectivity index (χ1n) is 13.7. The molecule has 2 heterocycles. The maximum Gasteiger partial charge on any atom is 0.272 e. The van der Waals surface area contributed by atoms with E-state index in [1.54, 1.807) is 78.9 Å². The molecule has 0 saturated heterocycles. The second kappa shape index (κ2) is 15.1. The number of nitrogens with zero attached hydrogens (tertiary/aromatic N) is 1. The van der Waals surface area contributed by atoms with Crippen molar-refractivity contribution in [2.45, 2.75) is 23.5 Å². The average molecular weight is 678 g/mol. The molecule has 12 heteroatoms. The molecule has 0 radical (unpaired) electrons. The van der Waals surface area contributed by atoms with Gasteiger partial charge in [0.2, 0.25) is 5.91 Å². The van der Waals surface area contributed by atoms with Crippen LogP contribution in [0.5, 0.6) is 0 Å². The van der Waals surface area contributed by atoms with Gasteiger partial charge in [-0.1, -0.05) is 54.4 Å². The highest BCUT2D eigenvalue weighted by Crippen LogP contribution is 2.33. The van der Waals surface area contributed by atoms with Crippen LogP contribution in [0.2, 0.25) is 10.0 Å². The molecule has 0 aliphatic heterocycles. The van der Waals surface area contributed by atoms with Crippen molar-refractivity contribution in [1.82, 2.24) is 10.3 Å². The molecule has 0 aliphatic rings. The number of amides is 3. The van der Waals surface area contributed by atoms with E-state index < -0.39 is 17.1 Å². The van der Waals surface area contributed by atoms with E-state index in [9.17, 15) is 14.4 Å². The van der Waals surface area contributed by atoms with Crippen LogP contribution in [0.25, 0.3) is 17.3 Å². The van der Waals surface area contributed by atoms with Crippen LogP contribution in [0.3, 0.4) is 0 Å². The van der Waals surface area contributed by atoms with E-state index in [1.165, 1.54) is 35.4 Å². The van der Waals surface area contributed by atoms with E-state index in [4.69, 9.17) is 27.6 Å². The zero-order valence-corrected chi connectivity index (χ0v) is 26.9. The predicted molar refractivity (Wildman–Crippen MR) is 182 cm³/mol. The molecular weight excluding hydrogens is 651 g/mol. The Morgan fingerprint density at radius 1 is 0.978 bits per heavy atom. The number of nitrogens with one attached hydrogen (secondary N) is 3. The predicted octanol–water partition coefficient (Wildman–Crippen LogP) is 8.63. The lowest BCUT2D eigenvalue weighted by atomic mass is 10.2. The molecule has 3 aromatic carbocycles. The monoisotopic (exact) mass is 676 g/mol. The molecule has 5 rings (SSSR count). The minimum Gasteiger partial charge on any atom is -0.465 e. The third-order valence-electron chi connectivity index (χ3n) is 6.33. The lowest BCUT2D eigenvalue weighted by molar-refractivity contribution is -0.116. The Kier molecular flexibility index (Phi) is 10.7. The first kappa shape index (κ1) is 32.1. The molecule has 45 heavy (non-hydrogen) atoms. The fraction of sp³-hybridized carbons (Fsp3) is 0.0909. The highest BCUT2D eigenvalue weighted by atomic mass is 35.5. The molecule has 0 spiro atoms. The fourth-order valence-corrected chi connectivity index (χ4v) is 6.36. The first-order chi connectivity index (χ1) is 21.8. The van der Waals surface area contributed by atoms with Crippen LogP contribution < -0.4 is 16.0 Å². The summed E-state index contributed by atoms with van der Waals surface area (Å²) in [5.41, 5.74) is 2.26. The van der Waals surface area contributed by atoms with Gasteiger partial charge in [-0.3, -0.25) is 14.4 Å². The summed E-state index contributed by atoms with van der Waals surface area (Å²) in [5, 5.41) is 11.3. The highest BCUT2D eigenvalue weighted by Gasteiger charge is 2.21. The number of carbonyl (C=O) groups is 3. The Bertz CT molecular complexity index is 1840. The number of anilines is 2. The summed E-state index contributed by atoms with van der Waals surface area (Å²) in [6, 6.07) is 24.3. The molecule has 1 atom stereocenters. The van der Waals surface area contributed by atoms with Gasteiger partial charge in [0, 0.05) is 38.2 Å². The van der Waals surface area contributed by atoms with Crippen LogP contribution in [-0.4, -0.2) is 28.0 Å². The van der Waals surface area contributed by atoms with Gasteiger partial charge < -0.3 is 20.4 Å². The summed E-state index contributed by atoms with van der Waals surface area (Å²) in [5.74, 6) is -0.776. The van der Waals surface area contributed by atoms with Gasteiger partial charge in [-0.05, 0) is 67.1 Å². The van der Waals surface area contributed by atoms with Crippen LogP contribution in [0.4, 0.5) is 10.8 Å². The van der Waals surface area contributed by atoms with E-state index in [-0.39, 0.29) is 11.6 Å².